The smallest absolute Gasteiger partial charge is 0.267 e. The van der Waals surface area contributed by atoms with Crippen molar-refractivity contribution < 1.29 is 17.2 Å². The third-order valence-corrected chi connectivity index (χ3v) is 5.31. The van der Waals surface area contributed by atoms with Crippen molar-refractivity contribution in [3.8, 4) is 6.07 Å². The van der Waals surface area contributed by atoms with Gasteiger partial charge in [-0.05, 0) is 24.3 Å². The predicted octanol–water partition coefficient (Wildman–Crippen LogP) is 2.65. The lowest BCUT2D eigenvalue weighted by Gasteiger charge is -2.10. The Hall–Kier alpha value is -3.05. The Morgan fingerprint density at radius 3 is 2.48 bits per heavy atom. The van der Waals surface area contributed by atoms with Gasteiger partial charge >= 0.3 is 0 Å². The van der Waals surface area contributed by atoms with Crippen molar-refractivity contribution >= 4 is 20.6 Å². The molecule has 0 amide bonds. The summed E-state index contributed by atoms with van der Waals surface area (Å²) in [4.78, 5) is 14.1. The van der Waals surface area contributed by atoms with Gasteiger partial charge in [-0.15, -0.1) is 0 Å². The summed E-state index contributed by atoms with van der Waals surface area (Å²) in [6, 6.07) is 10.1. The number of aromatic nitrogens is 1. The van der Waals surface area contributed by atoms with E-state index in [1.807, 2.05) is 0 Å². The van der Waals surface area contributed by atoms with Gasteiger partial charge in [0.05, 0.1) is 5.75 Å². The molecular weight excluding hydrogens is 350 g/mol. The van der Waals surface area contributed by atoms with Crippen molar-refractivity contribution in [2.24, 2.45) is 0 Å². The minimum atomic E-state index is -4.20. The molecule has 1 aromatic heterocycles. The average molecular weight is 360 g/mol. The van der Waals surface area contributed by atoms with Crippen molar-refractivity contribution in [1.29, 1.82) is 5.26 Å². The van der Waals surface area contributed by atoms with Crippen LogP contribution < -0.4 is 5.56 Å². The molecular formula is C17H10F2N2O3S. The van der Waals surface area contributed by atoms with Gasteiger partial charge in [-0.2, -0.15) is 5.26 Å². The zero-order valence-corrected chi connectivity index (χ0v) is 13.4. The predicted molar refractivity (Wildman–Crippen MR) is 86.5 cm³/mol. The van der Waals surface area contributed by atoms with Crippen molar-refractivity contribution in [3.05, 3.63) is 75.6 Å². The van der Waals surface area contributed by atoms with Crippen LogP contribution in [0.25, 0.3) is 10.8 Å². The standard InChI is InChI=1S/C17H10F2N2O3S/c18-11-5-6-12-13(7-11)17(21-16(22)14(12)8-20)25(23,24)9-10-3-1-2-4-15(10)19/h1-7H,9H2,(H,21,22). The number of pyridine rings is 1. The van der Waals surface area contributed by atoms with E-state index < -0.39 is 37.8 Å². The van der Waals surface area contributed by atoms with Crippen LogP contribution in [0.15, 0.2) is 52.3 Å². The van der Waals surface area contributed by atoms with Gasteiger partial charge in [0.1, 0.15) is 28.3 Å². The molecule has 0 aliphatic heterocycles. The second-order valence-electron chi connectivity index (χ2n) is 5.31. The highest BCUT2D eigenvalue weighted by Gasteiger charge is 2.23. The summed E-state index contributed by atoms with van der Waals surface area (Å²) in [6.45, 7) is 0. The van der Waals surface area contributed by atoms with Crippen LogP contribution in [-0.4, -0.2) is 13.4 Å². The maximum Gasteiger partial charge on any atom is 0.267 e. The van der Waals surface area contributed by atoms with E-state index in [0.717, 1.165) is 18.2 Å². The van der Waals surface area contributed by atoms with Crippen LogP contribution in [0.3, 0.4) is 0 Å². The molecule has 0 unspecified atom stereocenters. The minimum Gasteiger partial charge on any atom is -0.311 e. The number of aromatic amines is 1. The van der Waals surface area contributed by atoms with E-state index in [1.165, 1.54) is 24.3 Å². The van der Waals surface area contributed by atoms with Crippen LogP contribution in [0.1, 0.15) is 11.1 Å². The van der Waals surface area contributed by atoms with Gasteiger partial charge in [0.15, 0.2) is 9.84 Å². The maximum atomic E-state index is 13.8. The number of nitrogens with one attached hydrogen (secondary N) is 1. The molecule has 1 heterocycles. The van der Waals surface area contributed by atoms with Gasteiger partial charge in [0, 0.05) is 16.3 Å². The Labute approximate surface area is 141 Å². The number of benzene rings is 2. The summed E-state index contributed by atoms with van der Waals surface area (Å²) in [5.74, 6) is -2.16. The SMILES string of the molecule is N#Cc1c(=O)[nH]c(S(=O)(=O)Cc2ccccc2F)c2cc(F)ccc12. The lowest BCUT2D eigenvalue weighted by atomic mass is 10.1. The summed E-state index contributed by atoms with van der Waals surface area (Å²) >= 11 is 0. The molecule has 2 aromatic carbocycles. The molecule has 0 atom stereocenters. The molecule has 3 aromatic rings. The number of fused-ring (bicyclic) bond motifs is 1. The molecule has 0 spiro atoms. The van der Waals surface area contributed by atoms with E-state index in [-0.39, 0.29) is 21.9 Å². The molecule has 25 heavy (non-hydrogen) atoms. The quantitative estimate of drug-likeness (QED) is 0.777. The third kappa shape index (κ3) is 3.02. The molecule has 8 heteroatoms. The highest BCUT2D eigenvalue weighted by atomic mass is 32.2. The number of hydrogen-bond acceptors (Lipinski definition) is 4. The molecule has 0 radical (unpaired) electrons. The Morgan fingerprint density at radius 1 is 1.08 bits per heavy atom. The van der Waals surface area contributed by atoms with E-state index in [1.54, 1.807) is 6.07 Å². The van der Waals surface area contributed by atoms with Gasteiger partial charge in [-0.3, -0.25) is 4.79 Å². The van der Waals surface area contributed by atoms with Crippen molar-refractivity contribution in [3.63, 3.8) is 0 Å². The van der Waals surface area contributed by atoms with Crippen molar-refractivity contribution in [1.82, 2.24) is 4.98 Å². The number of H-pyrrole nitrogens is 1. The van der Waals surface area contributed by atoms with Crippen molar-refractivity contribution in [2.75, 3.05) is 0 Å². The Kier molecular flexibility index (Phi) is 4.10. The highest BCUT2D eigenvalue weighted by Crippen LogP contribution is 2.26. The first-order valence-electron chi connectivity index (χ1n) is 7.05. The van der Waals surface area contributed by atoms with Crippen LogP contribution in [0.2, 0.25) is 0 Å². The maximum absolute atomic E-state index is 13.8. The summed E-state index contributed by atoms with van der Waals surface area (Å²) in [6.07, 6.45) is 0. The zero-order chi connectivity index (χ0) is 18.2. The first-order chi connectivity index (χ1) is 11.8. The molecule has 0 saturated carbocycles. The van der Waals surface area contributed by atoms with E-state index in [4.69, 9.17) is 5.26 Å². The normalized spacial score (nSPS) is 11.4. The summed E-state index contributed by atoms with van der Waals surface area (Å²) in [7, 11) is -4.20. The number of hydrogen-bond donors (Lipinski definition) is 1. The van der Waals surface area contributed by atoms with Crippen LogP contribution in [0.4, 0.5) is 8.78 Å². The molecule has 3 rings (SSSR count). The summed E-state index contributed by atoms with van der Waals surface area (Å²) in [5.41, 5.74) is -1.31. The topological polar surface area (TPSA) is 90.8 Å². The van der Waals surface area contributed by atoms with Gasteiger partial charge in [-0.1, -0.05) is 18.2 Å². The minimum absolute atomic E-state index is 0.0137. The van der Waals surface area contributed by atoms with E-state index >= 15 is 0 Å². The number of halogens is 2. The first-order valence-corrected chi connectivity index (χ1v) is 8.70. The zero-order valence-electron chi connectivity index (χ0n) is 12.6. The lowest BCUT2D eigenvalue weighted by molar-refractivity contribution is 0.584. The average Bonchev–Trinajstić information content (AvgIpc) is 2.56. The molecule has 0 aliphatic rings. The third-order valence-electron chi connectivity index (χ3n) is 3.68. The molecule has 5 nitrogen and oxygen atoms in total. The Bertz CT molecular complexity index is 1190. The highest BCUT2D eigenvalue weighted by molar-refractivity contribution is 7.90. The summed E-state index contributed by atoms with van der Waals surface area (Å²) < 4.78 is 52.8. The second-order valence-corrected chi connectivity index (χ2v) is 7.24. The fourth-order valence-electron chi connectivity index (χ4n) is 2.53. The van der Waals surface area contributed by atoms with Crippen LogP contribution >= 0.6 is 0 Å². The van der Waals surface area contributed by atoms with Crippen LogP contribution in [0, 0.1) is 23.0 Å². The molecule has 0 saturated heterocycles. The molecule has 0 fully saturated rings. The molecule has 0 bridgehead atoms. The number of nitrogens with zero attached hydrogens (tertiary/aromatic N) is 1. The van der Waals surface area contributed by atoms with E-state index in [9.17, 15) is 22.0 Å². The van der Waals surface area contributed by atoms with E-state index in [2.05, 4.69) is 4.98 Å². The number of rotatable bonds is 3. The second kappa shape index (κ2) is 6.11. The van der Waals surface area contributed by atoms with Crippen molar-refractivity contribution in [2.45, 2.75) is 10.8 Å². The number of nitriles is 1. The van der Waals surface area contributed by atoms with Crippen LogP contribution in [-0.2, 0) is 15.6 Å². The van der Waals surface area contributed by atoms with Gasteiger partial charge in [0.25, 0.3) is 5.56 Å². The largest absolute Gasteiger partial charge is 0.311 e. The lowest BCUT2D eigenvalue weighted by Crippen LogP contribution is -2.18. The fourth-order valence-corrected chi connectivity index (χ4v) is 4.07. The van der Waals surface area contributed by atoms with Gasteiger partial charge in [0.2, 0.25) is 0 Å². The molecule has 0 aliphatic carbocycles. The van der Waals surface area contributed by atoms with E-state index in [0.29, 0.717) is 0 Å². The first kappa shape index (κ1) is 16.8. The molecule has 126 valence electrons. The summed E-state index contributed by atoms with van der Waals surface area (Å²) in [5, 5.41) is 8.42. The van der Waals surface area contributed by atoms with Gasteiger partial charge in [-0.25, -0.2) is 17.2 Å². The number of sulfone groups is 1. The molecule has 1 N–H and O–H groups in total. The van der Waals surface area contributed by atoms with Gasteiger partial charge < -0.3 is 4.98 Å². The Balaban J connectivity index is 2.28. The van der Waals surface area contributed by atoms with Crippen LogP contribution in [0.5, 0.6) is 0 Å². The monoisotopic (exact) mass is 360 g/mol. The fraction of sp³-hybridized carbons (Fsp3) is 0.0588. The Morgan fingerprint density at radius 2 is 1.80 bits per heavy atom.